The van der Waals surface area contributed by atoms with Gasteiger partial charge in [0.2, 0.25) is 76.8 Å². The molecule has 2 aromatic carbocycles. The lowest BCUT2D eigenvalue weighted by molar-refractivity contribution is -0.151. The molecular weight excluding hydrogens is 1260 g/mol. The Morgan fingerprint density at radius 3 is 1.54 bits per heavy atom. The van der Waals surface area contributed by atoms with Crippen molar-refractivity contribution in [3.05, 3.63) is 71.8 Å². The van der Waals surface area contributed by atoms with E-state index in [4.69, 9.17) is 0 Å². The maximum absolute atomic E-state index is 15.1. The number of aliphatic hydroxyl groups is 1. The average Bonchev–Trinajstić information content (AvgIpc) is 0.823. The molecule has 12 atom stereocenters. The molecule has 2 saturated heterocycles. The second kappa shape index (κ2) is 38.6. The molecule has 27 nitrogen and oxygen atoms in total. The number of carbonyl (C=O) groups excluding carboxylic acids is 13. The van der Waals surface area contributed by atoms with Gasteiger partial charge in [0.05, 0.1) is 19.1 Å². The third-order valence-electron chi connectivity index (χ3n) is 18.8. The number of likely N-dealkylation sites (tertiary alicyclic amines) is 1. The van der Waals surface area contributed by atoms with Gasteiger partial charge in [-0.2, -0.15) is 0 Å². The fourth-order valence-electron chi connectivity index (χ4n) is 11.9. The predicted molar refractivity (Wildman–Crippen MR) is 369 cm³/mol. The minimum absolute atomic E-state index is 0.0353. The summed E-state index contributed by atoms with van der Waals surface area (Å²) < 4.78 is 0. The van der Waals surface area contributed by atoms with Crippen LogP contribution in [0, 0.1) is 23.7 Å². The molecule has 0 saturated carbocycles. The number of aliphatic hydroxyl groups excluding tert-OH is 1. The molecule has 2 heterocycles. The minimum Gasteiger partial charge on any atom is -0.391 e. The highest BCUT2D eigenvalue weighted by Gasteiger charge is 2.43. The van der Waals surface area contributed by atoms with Crippen LogP contribution in [0.25, 0.3) is 0 Å². The Labute approximate surface area is 579 Å². The van der Waals surface area contributed by atoms with Crippen LogP contribution < -0.4 is 31.9 Å². The summed E-state index contributed by atoms with van der Waals surface area (Å²) in [7, 11) is 8.31. The summed E-state index contributed by atoms with van der Waals surface area (Å²) in [5.41, 5.74) is 1.26. The zero-order valence-electron chi connectivity index (χ0n) is 60.7. The van der Waals surface area contributed by atoms with Gasteiger partial charge in [-0.3, -0.25) is 62.3 Å². The average molecular weight is 1370 g/mol. The van der Waals surface area contributed by atoms with E-state index in [1.54, 1.807) is 100 Å². The molecule has 27 heteroatoms. The van der Waals surface area contributed by atoms with E-state index in [2.05, 4.69) is 31.9 Å². The number of hydrogen-bond donors (Lipinski definition) is 7. The highest BCUT2D eigenvalue weighted by atomic mass is 16.3. The van der Waals surface area contributed by atoms with Gasteiger partial charge in [0.25, 0.3) is 0 Å². The Bertz CT molecular complexity index is 3070. The molecule has 4 rings (SSSR count). The van der Waals surface area contributed by atoms with Crippen LogP contribution in [0.15, 0.2) is 60.7 Å². The lowest BCUT2D eigenvalue weighted by Gasteiger charge is -2.38. The number of carbonyl (C=O) groups is 13. The van der Waals surface area contributed by atoms with Crippen LogP contribution in [0.3, 0.4) is 0 Å². The summed E-state index contributed by atoms with van der Waals surface area (Å²) in [5.74, 6) is -10.8. The van der Waals surface area contributed by atoms with Gasteiger partial charge in [-0.05, 0) is 87.7 Å². The Kier molecular flexibility index (Phi) is 32.3. The molecule has 0 bridgehead atoms. The van der Waals surface area contributed by atoms with E-state index in [0.29, 0.717) is 43.5 Å². The second-order valence-electron chi connectivity index (χ2n) is 27.7. The van der Waals surface area contributed by atoms with E-state index in [1.165, 1.54) is 82.7 Å². The molecule has 0 aliphatic carbocycles. The van der Waals surface area contributed by atoms with Crippen LogP contribution in [0.2, 0.25) is 0 Å². The maximum atomic E-state index is 15.1. The first-order valence-electron chi connectivity index (χ1n) is 34.4. The number of hydrogen-bond acceptors (Lipinski definition) is 14. The molecule has 0 aromatic heterocycles. The van der Waals surface area contributed by atoms with E-state index >= 15 is 4.79 Å². The molecule has 2 aromatic rings. The van der Waals surface area contributed by atoms with E-state index in [1.807, 2.05) is 20.8 Å². The van der Waals surface area contributed by atoms with Crippen molar-refractivity contribution >= 4 is 76.8 Å². The number of rotatable bonds is 13. The Morgan fingerprint density at radius 1 is 0.500 bits per heavy atom. The van der Waals surface area contributed by atoms with E-state index < -0.39 is 168 Å². The van der Waals surface area contributed by atoms with Crippen molar-refractivity contribution in [2.75, 3.05) is 68.5 Å². The van der Waals surface area contributed by atoms with E-state index in [-0.39, 0.29) is 50.5 Å². The summed E-state index contributed by atoms with van der Waals surface area (Å²) in [6, 6.07) is 4.23. The zero-order valence-corrected chi connectivity index (χ0v) is 60.7. The van der Waals surface area contributed by atoms with Crippen LogP contribution in [-0.4, -0.2) is 251 Å². The number of piperidine rings is 1. The molecule has 2 fully saturated rings. The van der Waals surface area contributed by atoms with Crippen molar-refractivity contribution in [1.82, 2.24) is 66.2 Å². The van der Waals surface area contributed by atoms with Gasteiger partial charge in [-0.25, -0.2) is 0 Å². The second-order valence-corrected chi connectivity index (χ2v) is 27.7. The van der Waals surface area contributed by atoms with Crippen LogP contribution in [-0.2, 0) is 75.2 Å². The number of nitrogens with one attached hydrogen (secondary N) is 6. The van der Waals surface area contributed by atoms with Crippen molar-refractivity contribution in [2.24, 2.45) is 23.7 Å². The third-order valence-corrected chi connectivity index (χ3v) is 18.8. The maximum Gasteiger partial charge on any atom is 0.248 e. The number of amides is 13. The van der Waals surface area contributed by atoms with Gasteiger partial charge >= 0.3 is 0 Å². The first-order chi connectivity index (χ1) is 46.0. The van der Waals surface area contributed by atoms with Gasteiger partial charge in [0.15, 0.2) is 0 Å². The molecule has 0 radical (unpaired) electrons. The van der Waals surface area contributed by atoms with Crippen LogP contribution in [0.4, 0.5) is 0 Å². The molecule has 544 valence electrons. The minimum atomic E-state index is -1.70. The van der Waals surface area contributed by atoms with E-state index in [0.717, 1.165) is 16.2 Å². The summed E-state index contributed by atoms with van der Waals surface area (Å²) >= 11 is 0. The van der Waals surface area contributed by atoms with E-state index in [9.17, 15) is 62.6 Å². The van der Waals surface area contributed by atoms with Gasteiger partial charge in [0, 0.05) is 81.2 Å². The highest BCUT2D eigenvalue weighted by molar-refractivity contribution is 6.00. The Morgan fingerprint density at radius 2 is 1.01 bits per heavy atom. The van der Waals surface area contributed by atoms with Crippen molar-refractivity contribution < 1.29 is 67.4 Å². The molecule has 7 N–H and O–H groups in total. The lowest BCUT2D eigenvalue weighted by atomic mass is 9.94. The monoisotopic (exact) mass is 1370 g/mol. The predicted octanol–water partition coefficient (Wildman–Crippen LogP) is 1.63. The number of benzene rings is 2. The SMILES string of the molecule is CC[C@H](C)[C@H]1C(=O)NCC(=O)N(C)[C@@H](Cc2ccccc2)C(=O)N[C@@H]([C@@H](C)O)C(=O)N(C)[C@@H](C)C(=O)N[C@@H](CC(C)C)C(=O)N[C@H](C(=O)N2CCCCC2)CC(=O)N(C)CCC(=O)N(C)[C@@H](C)C(=O)N[C@@H](Cc2ccccc2)C(=O)N[C@@H](C(C)C)C(=O)N(C)[C@@H](CC(C)C)C(=O)N1C. The van der Waals surface area contributed by atoms with Crippen molar-refractivity contribution in [2.45, 2.75) is 207 Å². The molecule has 0 spiro atoms. The van der Waals surface area contributed by atoms with Crippen LogP contribution in [0.5, 0.6) is 0 Å². The highest BCUT2D eigenvalue weighted by Crippen LogP contribution is 2.23. The van der Waals surface area contributed by atoms with Gasteiger partial charge in [-0.15, -0.1) is 0 Å². The topological polar surface area (TPSA) is 337 Å². The Balaban J connectivity index is 1.83. The molecule has 2 aliphatic rings. The molecule has 98 heavy (non-hydrogen) atoms. The van der Waals surface area contributed by atoms with Crippen molar-refractivity contribution in [3.63, 3.8) is 0 Å². The zero-order chi connectivity index (χ0) is 73.6. The Hall–Kier alpha value is -8.49. The molecule has 2 aliphatic heterocycles. The molecule has 13 amide bonds. The quantitative estimate of drug-likeness (QED) is 0.150. The fraction of sp³-hybridized carbons (Fsp3) is 0.648. The van der Waals surface area contributed by atoms with Gasteiger partial charge in [-0.1, -0.05) is 122 Å². The van der Waals surface area contributed by atoms with Crippen LogP contribution in [0.1, 0.15) is 139 Å². The lowest BCUT2D eigenvalue weighted by Crippen LogP contribution is -2.62. The first kappa shape index (κ1) is 81.9. The third kappa shape index (κ3) is 23.3. The van der Waals surface area contributed by atoms with Gasteiger partial charge < -0.3 is 71.3 Å². The van der Waals surface area contributed by atoms with Crippen LogP contribution >= 0.6 is 0 Å². The largest absolute Gasteiger partial charge is 0.391 e. The molecular formula is C71H111N13O14. The van der Waals surface area contributed by atoms with Gasteiger partial charge in [0.1, 0.15) is 60.4 Å². The summed E-state index contributed by atoms with van der Waals surface area (Å²) in [6.07, 6.45) is 0.268. The summed E-state index contributed by atoms with van der Waals surface area (Å²) in [4.78, 5) is 197. The summed E-state index contributed by atoms with van der Waals surface area (Å²) in [6.45, 7) is 18.3. The standard InChI is InChI=1S/C71H111N13O14/c1-18-45(8)61-67(94)72-41-58(88)81(15)54(39-50-30-24-20-25-31-50)66(93)77-60(48(11)85)71(98)80(14)47(10)63(90)73-51(36-42(2)3)64(91)75-53(68(95)84-33-26-21-27-34-84)40-57(87)78(12)35-32-56(86)79(13)46(9)62(89)74-52(38-49-28-22-19-23-29-49)65(92)76-59(44(6)7)70(97)82(16)55(37-43(4)5)69(96)83(61)17/h19-20,22-25,28-31,42-48,51-55,59-61,85H,18,21,26-27,32-41H2,1-17H3,(H,72,94)(H,73,90)(H,74,89)(H,75,91)(H,76,92)(H,77,93)/t45-,46-,47-,48+,51-,52-,53-,54-,55-,59-,60-,61-/m0/s1. The smallest absolute Gasteiger partial charge is 0.248 e. The fourth-order valence-corrected chi connectivity index (χ4v) is 11.9. The first-order valence-corrected chi connectivity index (χ1v) is 34.4. The molecule has 0 unspecified atom stereocenters. The summed E-state index contributed by atoms with van der Waals surface area (Å²) in [5, 5.41) is 27.6. The normalized spacial score (nSPS) is 25.9. The number of nitrogens with zero attached hydrogens (tertiary/aromatic N) is 7. The van der Waals surface area contributed by atoms with Crippen molar-refractivity contribution in [1.29, 1.82) is 0 Å². The number of likely N-dealkylation sites (N-methyl/N-ethyl adjacent to an activating group) is 5. The van der Waals surface area contributed by atoms with Crippen molar-refractivity contribution in [3.8, 4) is 0 Å².